The van der Waals surface area contributed by atoms with Crippen LogP contribution in [-0.4, -0.2) is 81.6 Å². The summed E-state index contributed by atoms with van der Waals surface area (Å²) in [5.74, 6) is 0.906. The molecule has 0 saturated carbocycles. The Hall–Kier alpha value is -2.77. The average Bonchev–Trinajstić information content (AvgIpc) is 3.42. The molecule has 9 nitrogen and oxygen atoms in total. The monoisotopic (exact) mass is 473 g/mol. The molecule has 0 radical (unpaired) electrons. The van der Waals surface area contributed by atoms with Gasteiger partial charge in [0.05, 0.1) is 24.1 Å². The molecular weight excluding hydrogens is 442 g/mol. The van der Waals surface area contributed by atoms with Crippen molar-refractivity contribution in [3.05, 3.63) is 35.4 Å². The third-order valence-corrected chi connectivity index (χ3v) is 6.57. The minimum Gasteiger partial charge on any atom is -0.444 e. The highest BCUT2D eigenvalue weighted by Gasteiger charge is 2.45. The quantitative estimate of drug-likeness (QED) is 0.668. The van der Waals surface area contributed by atoms with E-state index in [2.05, 4.69) is 6.07 Å². The number of hydrogen-bond acceptors (Lipinski definition) is 7. The number of nitriles is 1. The number of carbonyl (C=O) groups is 3. The number of nitrogens with two attached hydrogens (primary N) is 1. The van der Waals surface area contributed by atoms with E-state index in [0.29, 0.717) is 31.0 Å². The molecule has 0 unspecified atom stereocenters. The maximum Gasteiger partial charge on any atom is 0.411 e. The summed E-state index contributed by atoms with van der Waals surface area (Å²) >= 11 is 1.69. The molecular formula is C23H31N5O4S. The lowest BCUT2D eigenvalue weighted by atomic mass is 10.1. The number of ether oxygens (including phenoxy) is 1. The molecule has 10 heteroatoms. The predicted molar refractivity (Wildman–Crippen MR) is 125 cm³/mol. The van der Waals surface area contributed by atoms with Crippen LogP contribution >= 0.6 is 11.8 Å². The lowest BCUT2D eigenvalue weighted by molar-refractivity contribution is -0.134. The van der Waals surface area contributed by atoms with E-state index in [4.69, 9.17) is 15.7 Å². The number of likely N-dealkylation sites (tertiary alicyclic amines) is 1. The highest BCUT2D eigenvalue weighted by Crippen LogP contribution is 2.28. The maximum absolute atomic E-state index is 13.3. The summed E-state index contributed by atoms with van der Waals surface area (Å²) in [6, 6.07) is 8.29. The van der Waals surface area contributed by atoms with E-state index in [1.807, 2.05) is 17.0 Å². The van der Waals surface area contributed by atoms with E-state index in [1.165, 1.54) is 4.90 Å². The minimum absolute atomic E-state index is 0.00664. The van der Waals surface area contributed by atoms with E-state index < -0.39 is 23.6 Å². The second-order valence-corrected chi connectivity index (χ2v) is 10.4. The predicted octanol–water partition coefficient (Wildman–Crippen LogP) is 1.76. The van der Waals surface area contributed by atoms with Crippen molar-refractivity contribution in [2.45, 2.75) is 51.4 Å². The first-order valence-electron chi connectivity index (χ1n) is 10.9. The van der Waals surface area contributed by atoms with Crippen LogP contribution in [0.2, 0.25) is 0 Å². The van der Waals surface area contributed by atoms with Gasteiger partial charge in [-0.15, -0.1) is 11.8 Å². The first-order chi connectivity index (χ1) is 15.6. The van der Waals surface area contributed by atoms with Crippen LogP contribution in [0, 0.1) is 11.3 Å². The number of thioether (sulfide) groups is 1. The first kappa shape index (κ1) is 24.9. The van der Waals surface area contributed by atoms with Crippen LogP contribution in [-0.2, 0) is 20.9 Å². The van der Waals surface area contributed by atoms with Crippen LogP contribution in [0.5, 0.6) is 0 Å². The molecule has 0 aromatic heterocycles. The number of primary amides is 1. The van der Waals surface area contributed by atoms with E-state index >= 15 is 0 Å². The van der Waals surface area contributed by atoms with Gasteiger partial charge in [-0.3, -0.25) is 19.4 Å². The molecule has 33 heavy (non-hydrogen) atoms. The fraction of sp³-hybridized carbons (Fsp3) is 0.565. The Morgan fingerprint density at radius 2 is 1.97 bits per heavy atom. The fourth-order valence-electron chi connectivity index (χ4n) is 4.07. The standard InChI is InChI=1S/C23H31N5O4S/c1-23(2,3)32-22(31)28-13-18(10-19(28)21(30)26-8-9-33-15-26)27(14-20(25)29)12-17-6-4-16(11-24)5-7-17/h4-7,18-19H,8-10,12-15H2,1-3H3,(H2,25,29)/t18-,19-/m0/s1. The Morgan fingerprint density at radius 3 is 2.52 bits per heavy atom. The molecule has 2 saturated heterocycles. The number of carbonyl (C=O) groups excluding carboxylic acids is 3. The van der Waals surface area contributed by atoms with Crippen molar-refractivity contribution in [3.63, 3.8) is 0 Å². The topological polar surface area (TPSA) is 120 Å². The van der Waals surface area contributed by atoms with Crippen molar-refractivity contribution in [2.75, 3.05) is 31.3 Å². The van der Waals surface area contributed by atoms with Gasteiger partial charge >= 0.3 is 6.09 Å². The molecule has 2 aliphatic rings. The molecule has 2 N–H and O–H groups in total. The molecule has 0 bridgehead atoms. The van der Waals surface area contributed by atoms with E-state index in [0.717, 1.165) is 11.3 Å². The molecule has 2 atom stereocenters. The molecule has 2 fully saturated rings. The zero-order valence-corrected chi connectivity index (χ0v) is 20.1. The zero-order valence-electron chi connectivity index (χ0n) is 19.3. The van der Waals surface area contributed by atoms with Gasteiger partial charge in [-0.1, -0.05) is 12.1 Å². The number of benzene rings is 1. The Kier molecular flexibility index (Phi) is 7.87. The molecule has 1 aromatic rings. The number of nitrogens with zero attached hydrogens (tertiary/aromatic N) is 4. The van der Waals surface area contributed by atoms with Crippen molar-refractivity contribution < 1.29 is 19.1 Å². The molecule has 0 spiro atoms. The third kappa shape index (κ3) is 6.62. The average molecular weight is 474 g/mol. The summed E-state index contributed by atoms with van der Waals surface area (Å²) in [4.78, 5) is 43.3. The van der Waals surface area contributed by atoms with Crippen molar-refractivity contribution in [1.29, 1.82) is 5.26 Å². The Balaban J connectivity index is 1.83. The molecule has 178 valence electrons. The number of hydrogen-bond donors (Lipinski definition) is 1. The van der Waals surface area contributed by atoms with Crippen molar-refractivity contribution in [1.82, 2.24) is 14.7 Å². The molecule has 3 amide bonds. The van der Waals surface area contributed by atoms with Crippen molar-refractivity contribution >= 4 is 29.7 Å². The highest BCUT2D eigenvalue weighted by molar-refractivity contribution is 7.99. The normalized spacial score (nSPS) is 20.7. The fourth-order valence-corrected chi connectivity index (χ4v) is 5.02. The Bertz CT molecular complexity index is 918. The smallest absolute Gasteiger partial charge is 0.411 e. The highest BCUT2D eigenvalue weighted by atomic mass is 32.2. The molecule has 2 heterocycles. The van der Waals surface area contributed by atoms with Crippen LogP contribution in [0.15, 0.2) is 24.3 Å². The van der Waals surface area contributed by atoms with E-state index in [1.54, 1.807) is 49.6 Å². The minimum atomic E-state index is -0.693. The van der Waals surface area contributed by atoms with Crippen LogP contribution in [0.4, 0.5) is 4.79 Å². The van der Waals surface area contributed by atoms with Gasteiger partial charge in [-0.25, -0.2) is 4.79 Å². The van der Waals surface area contributed by atoms with Crippen LogP contribution < -0.4 is 5.73 Å². The second kappa shape index (κ2) is 10.4. The second-order valence-electron chi connectivity index (χ2n) is 9.36. The van der Waals surface area contributed by atoms with Crippen LogP contribution in [0.1, 0.15) is 38.3 Å². The maximum atomic E-state index is 13.3. The van der Waals surface area contributed by atoms with Gasteiger partial charge in [-0.05, 0) is 44.9 Å². The number of rotatable bonds is 6. The zero-order chi connectivity index (χ0) is 24.2. The lowest BCUT2D eigenvalue weighted by Gasteiger charge is -2.30. The summed E-state index contributed by atoms with van der Waals surface area (Å²) in [5.41, 5.74) is 6.29. The summed E-state index contributed by atoms with van der Waals surface area (Å²) in [5, 5.41) is 9.03. The van der Waals surface area contributed by atoms with Crippen molar-refractivity contribution in [2.24, 2.45) is 5.73 Å². The summed E-state index contributed by atoms with van der Waals surface area (Å²) < 4.78 is 5.59. The van der Waals surface area contributed by atoms with E-state index in [-0.39, 0.29) is 25.0 Å². The van der Waals surface area contributed by atoms with Gasteiger partial charge in [-0.2, -0.15) is 5.26 Å². The third-order valence-electron chi connectivity index (χ3n) is 5.60. The van der Waals surface area contributed by atoms with Gasteiger partial charge < -0.3 is 15.4 Å². The molecule has 1 aromatic carbocycles. The van der Waals surface area contributed by atoms with Gasteiger partial charge in [0.15, 0.2) is 0 Å². The molecule has 0 aliphatic carbocycles. The first-order valence-corrected chi connectivity index (χ1v) is 12.1. The van der Waals surface area contributed by atoms with Gasteiger partial charge in [0.25, 0.3) is 0 Å². The van der Waals surface area contributed by atoms with E-state index in [9.17, 15) is 14.4 Å². The Labute approximate surface area is 198 Å². The summed E-state index contributed by atoms with van der Waals surface area (Å²) in [7, 11) is 0. The summed E-state index contributed by atoms with van der Waals surface area (Å²) in [6.07, 6.45) is -0.143. The largest absolute Gasteiger partial charge is 0.444 e. The Morgan fingerprint density at radius 1 is 1.27 bits per heavy atom. The number of amides is 3. The van der Waals surface area contributed by atoms with Crippen LogP contribution in [0.3, 0.4) is 0 Å². The molecule has 3 rings (SSSR count). The van der Waals surface area contributed by atoms with Gasteiger partial charge in [0, 0.05) is 31.4 Å². The SMILES string of the molecule is CC(C)(C)OC(=O)N1C[C@@H](N(CC(N)=O)Cc2ccc(C#N)cc2)C[C@H]1C(=O)N1CCSC1. The lowest BCUT2D eigenvalue weighted by Crippen LogP contribution is -2.48. The van der Waals surface area contributed by atoms with Gasteiger partial charge in [0.1, 0.15) is 11.6 Å². The van der Waals surface area contributed by atoms with Crippen LogP contribution in [0.25, 0.3) is 0 Å². The summed E-state index contributed by atoms with van der Waals surface area (Å²) in [6.45, 7) is 6.68. The van der Waals surface area contributed by atoms with Gasteiger partial charge in [0.2, 0.25) is 11.8 Å². The van der Waals surface area contributed by atoms with Crippen molar-refractivity contribution in [3.8, 4) is 6.07 Å². The molecule has 2 aliphatic heterocycles.